The van der Waals surface area contributed by atoms with Crippen LogP contribution in [-0.4, -0.2) is 32.2 Å². The molecule has 0 aliphatic carbocycles. The van der Waals surface area contributed by atoms with Crippen LogP contribution in [-0.2, 0) is 0 Å². The van der Waals surface area contributed by atoms with E-state index in [1.807, 2.05) is 17.0 Å². The lowest BCUT2D eigenvalue weighted by Gasteiger charge is -2.25. The largest absolute Gasteiger partial charge is 0.488 e. The van der Waals surface area contributed by atoms with E-state index in [4.69, 9.17) is 10.1 Å². The lowest BCUT2D eigenvalue weighted by atomic mass is 10.2. The second-order valence-electron chi connectivity index (χ2n) is 3.98. The van der Waals surface area contributed by atoms with Crippen LogP contribution in [0, 0.1) is 5.41 Å². The minimum atomic E-state index is 0.439. The van der Waals surface area contributed by atoms with E-state index in [1.165, 1.54) is 0 Å². The molecule has 1 aromatic carbocycles. The van der Waals surface area contributed by atoms with Crippen LogP contribution in [0.2, 0.25) is 0 Å². The molecule has 1 fully saturated rings. The number of hydrogen-bond donors (Lipinski definition) is 3. The Hall–Kier alpha value is -1.43. The van der Waals surface area contributed by atoms with Gasteiger partial charge in [-0.25, -0.2) is 0 Å². The predicted octanol–water partition coefficient (Wildman–Crippen LogP) is 1.60. The summed E-state index contributed by atoms with van der Waals surface area (Å²) in [7, 11) is 0. The maximum absolute atomic E-state index is 7.82. The molecule has 2 heterocycles. The number of hydrogen-bond acceptors (Lipinski definition) is 3. The van der Waals surface area contributed by atoms with Gasteiger partial charge in [0, 0.05) is 19.6 Å². The van der Waals surface area contributed by atoms with E-state index in [9.17, 15) is 0 Å². The van der Waals surface area contributed by atoms with Crippen molar-refractivity contribution in [2.75, 3.05) is 36.5 Å². The zero-order chi connectivity index (χ0) is 11.8. The Balaban J connectivity index is 2.03. The van der Waals surface area contributed by atoms with Crippen molar-refractivity contribution >= 4 is 33.3 Å². The van der Waals surface area contributed by atoms with Crippen molar-refractivity contribution in [3.05, 3.63) is 16.6 Å². The van der Waals surface area contributed by atoms with Crippen LogP contribution in [0.3, 0.4) is 0 Å². The molecule has 0 spiro atoms. The lowest BCUT2D eigenvalue weighted by molar-refractivity contribution is 0.321. The zero-order valence-electron chi connectivity index (χ0n) is 9.22. The maximum Gasteiger partial charge on any atom is 0.195 e. The van der Waals surface area contributed by atoms with Crippen LogP contribution in [0.5, 0.6) is 5.75 Å². The van der Waals surface area contributed by atoms with Crippen molar-refractivity contribution in [1.29, 1.82) is 5.41 Å². The number of ether oxygens (including phenoxy) is 1. The molecule has 2 aliphatic rings. The molecule has 90 valence electrons. The highest BCUT2D eigenvalue weighted by molar-refractivity contribution is 9.10. The van der Waals surface area contributed by atoms with Crippen molar-refractivity contribution < 1.29 is 4.74 Å². The lowest BCUT2D eigenvalue weighted by Crippen LogP contribution is -2.29. The topological polar surface area (TPSA) is 60.4 Å². The molecule has 0 amide bonds. The standard InChI is InChI=1S/C11H13BrN4O/c12-9-8(16-5-3-15-11(16)13)2-1-7-10(9)17-6-4-14-7/h1-2,14H,3-6H2,(H2,13,15). The molecule has 0 bridgehead atoms. The molecule has 0 atom stereocenters. The Morgan fingerprint density at radius 3 is 2.94 bits per heavy atom. The quantitative estimate of drug-likeness (QED) is 0.737. The molecule has 0 aromatic heterocycles. The Morgan fingerprint density at radius 1 is 1.29 bits per heavy atom. The number of guanidine groups is 1. The Labute approximate surface area is 108 Å². The van der Waals surface area contributed by atoms with Crippen molar-refractivity contribution in [2.24, 2.45) is 0 Å². The molecular formula is C11H13BrN4O. The summed E-state index contributed by atoms with van der Waals surface area (Å²) in [5, 5.41) is 14.1. The first kappa shape index (κ1) is 10.7. The number of fused-ring (bicyclic) bond motifs is 1. The van der Waals surface area contributed by atoms with Crippen LogP contribution in [0.15, 0.2) is 16.6 Å². The molecule has 0 saturated carbocycles. The molecule has 3 rings (SSSR count). The average Bonchev–Trinajstić information content (AvgIpc) is 2.76. The third-order valence-corrected chi connectivity index (χ3v) is 3.70. The molecule has 1 saturated heterocycles. The van der Waals surface area contributed by atoms with Gasteiger partial charge in [-0.05, 0) is 28.1 Å². The number of rotatable bonds is 1. The van der Waals surface area contributed by atoms with Gasteiger partial charge in [0.1, 0.15) is 6.61 Å². The van der Waals surface area contributed by atoms with Gasteiger partial charge in [-0.2, -0.15) is 0 Å². The molecule has 3 N–H and O–H groups in total. The second kappa shape index (κ2) is 4.10. The van der Waals surface area contributed by atoms with Gasteiger partial charge in [0.2, 0.25) is 0 Å². The van der Waals surface area contributed by atoms with E-state index in [0.29, 0.717) is 12.6 Å². The summed E-state index contributed by atoms with van der Waals surface area (Å²) in [6.07, 6.45) is 0. The normalized spacial score (nSPS) is 18.2. The van der Waals surface area contributed by atoms with Gasteiger partial charge in [0.25, 0.3) is 0 Å². The number of benzene rings is 1. The second-order valence-corrected chi connectivity index (χ2v) is 4.77. The summed E-state index contributed by atoms with van der Waals surface area (Å²) in [5.74, 6) is 1.28. The number of nitrogens with one attached hydrogen (secondary N) is 3. The molecule has 0 unspecified atom stereocenters. The fourth-order valence-electron chi connectivity index (χ4n) is 2.11. The van der Waals surface area contributed by atoms with E-state index in [-0.39, 0.29) is 0 Å². The Kier molecular flexibility index (Phi) is 2.58. The molecule has 5 nitrogen and oxygen atoms in total. The highest BCUT2D eigenvalue weighted by atomic mass is 79.9. The summed E-state index contributed by atoms with van der Waals surface area (Å²) in [4.78, 5) is 1.93. The van der Waals surface area contributed by atoms with Crippen LogP contribution >= 0.6 is 15.9 Å². The van der Waals surface area contributed by atoms with Crippen LogP contribution < -0.4 is 20.3 Å². The van der Waals surface area contributed by atoms with Gasteiger partial charge >= 0.3 is 0 Å². The molecule has 6 heteroatoms. The number of nitrogens with zero attached hydrogens (tertiary/aromatic N) is 1. The highest BCUT2D eigenvalue weighted by Gasteiger charge is 2.24. The van der Waals surface area contributed by atoms with E-state index in [1.54, 1.807) is 0 Å². The van der Waals surface area contributed by atoms with Crippen LogP contribution in [0.1, 0.15) is 0 Å². The fraction of sp³-hybridized carbons (Fsp3) is 0.364. The SMILES string of the molecule is N=C1NCCN1c1ccc2c(c1Br)OCCN2. The van der Waals surface area contributed by atoms with Crippen LogP contribution in [0.25, 0.3) is 0 Å². The van der Waals surface area contributed by atoms with E-state index in [0.717, 1.165) is 41.2 Å². The summed E-state index contributed by atoms with van der Waals surface area (Å²) in [6, 6.07) is 4.01. The van der Waals surface area contributed by atoms with Crippen LogP contribution in [0.4, 0.5) is 11.4 Å². The molecule has 1 aromatic rings. The van der Waals surface area contributed by atoms with Gasteiger partial charge in [-0.1, -0.05) is 0 Å². The third-order valence-electron chi connectivity index (χ3n) is 2.93. The van der Waals surface area contributed by atoms with Gasteiger partial charge in [-0.3, -0.25) is 5.41 Å². The number of halogens is 1. The Bertz CT molecular complexity index is 477. The van der Waals surface area contributed by atoms with Gasteiger partial charge in [0.05, 0.1) is 15.8 Å². The summed E-state index contributed by atoms with van der Waals surface area (Å²) >= 11 is 3.57. The van der Waals surface area contributed by atoms with Crippen molar-refractivity contribution in [3.8, 4) is 5.75 Å². The Morgan fingerprint density at radius 2 is 2.18 bits per heavy atom. The van der Waals surface area contributed by atoms with Gasteiger partial charge in [-0.15, -0.1) is 0 Å². The highest BCUT2D eigenvalue weighted by Crippen LogP contribution is 2.42. The summed E-state index contributed by atoms with van der Waals surface area (Å²) in [5.41, 5.74) is 1.98. The van der Waals surface area contributed by atoms with E-state index in [2.05, 4.69) is 26.6 Å². The third kappa shape index (κ3) is 1.72. The molecule has 0 radical (unpaired) electrons. The first-order valence-corrected chi connectivity index (χ1v) is 6.36. The maximum atomic E-state index is 7.82. The minimum Gasteiger partial charge on any atom is -0.488 e. The average molecular weight is 297 g/mol. The minimum absolute atomic E-state index is 0.439. The fourth-order valence-corrected chi connectivity index (χ4v) is 2.78. The molecular weight excluding hydrogens is 284 g/mol. The van der Waals surface area contributed by atoms with Crippen molar-refractivity contribution in [3.63, 3.8) is 0 Å². The van der Waals surface area contributed by atoms with E-state index >= 15 is 0 Å². The predicted molar refractivity (Wildman–Crippen MR) is 71.2 cm³/mol. The van der Waals surface area contributed by atoms with Crippen molar-refractivity contribution in [2.45, 2.75) is 0 Å². The summed E-state index contributed by atoms with van der Waals surface area (Å²) in [6.45, 7) is 3.12. The van der Waals surface area contributed by atoms with Gasteiger partial charge < -0.3 is 20.3 Å². The molecule has 2 aliphatic heterocycles. The van der Waals surface area contributed by atoms with Gasteiger partial charge in [0.15, 0.2) is 11.7 Å². The van der Waals surface area contributed by atoms with Crippen molar-refractivity contribution in [1.82, 2.24) is 5.32 Å². The number of anilines is 2. The summed E-state index contributed by atoms with van der Waals surface area (Å²) < 4.78 is 6.58. The smallest absolute Gasteiger partial charge is 0.195 e. The molecule has 17 heavy (non-hydrogen) atoms. The monoisotopic (exact) mass is 296 g/mol. The zero-order valence-corrected chi connectivity index (χ0v) is 10.8. The first-order chi connectivity index (χ1) is 8.27. The van der Waals surface area contributed by atoms with E-state index < -0.39 is 0 Å². The first-order valence-electron chi connectivity index (χ1n) is 5.56.